The molecule has 0 aromatic carbocycles. The molecule has 0 aromatic rings. The van der Waals surface area contributed by atoms with E-state index >= 15 is 0 Å². The Kier molecular flexibility index (Phi) is 7.23. The van der Waals surface area contributed by atoms with Gasteiger partial charge in [0, 0.05) is 63.4 Å². The number of piperidine rings is 1. The van der Waals surface area contributed by atoms with Gasteiger partial charge in [-0.05, 0) is 18.8 Å². The van der Waals surface area contributed by atoms with Gasteiger partial charge in [-0.1, -0.05) is 13.8 Å². The fraction of sp³-hybridized carbons (Fsp3) is 0.895. The number of thioether (sulfide) groups is 1. The number of hydrogen-bond acceptors (Lipinski definition) is 5. The topological polar surface area (TPSA) is 55.9 Å². The highest BCUT2D eigenvalue weighted by Crippen LogP contribution is 2.22. The van der Waals surface area contributed by atoms with Crippen LogP contribution in [0.3, 0.4) is 0 Å². The Morgan fingerprint density at radius 2 is 1.85 bits per heavy atom. The van der Waals surface area contributed by atoms with Crippen molar-refractivity contribution in [2.24, 2.45) is 5.92 Å². The first-order valence-electron chi connectivity index (χ1n) is 10.2. The number of carbonyl (C=O) groups is 2. The van der Waals surface area contributed by atoms with Crippen LogP contribution in [0.2, 0.25) is 0 Å². The summed E-state index contributed by atoms with van der Waals surface area (Å²) in [6, 6.07) is 0.339. The first kappa shape index (κ1) is 20.0. The molecule has 7 heteroatoms. The maximum absolute atomic E-state index is 12.8. The van der Waals surface area contributed by atoms with Gasteiger partial charge in [0.15, 0.2) is 0 Å². The van der Waals surface area contributed by atoms with Crippen LogP contribution in [0.5, 0.6) is 0 Å². The summed E-state index contributed by atoms with van der Waals surface area (Å²) >= 11 is 2.04. The van der Waals surface area contributed by atoms with E-state index in [1.807, 2.05) is 16.7 Å². The quantitative estimate of drug-likeness (QED) is 0.765. The second-order valence-corrected chi connectivity index (χ2v) is 9.38. The van der Waals surface area contributed by atoms with Gasteiger partial charge in [0.25, 0.3) is 0 Å². The van der Waals surface area contributed by atoms with Crippen LogP contribution >= 0.6 is 11.8 Å². The van der Waals surface area contributed by atoms with Crippen LogP contribution < -0.4 is 5.32 Å². The molecule has 3 aliphatic rings. The molecule has 0 aliphatic carbocycles. The van der Waals surface area contributed by atoms with Crippen molar-refractivity contribution < 1.29 is 9.59 Å². The Labute approximate surface area is 162 Å². The van der Waals surface area contributed by atoms with Gasteiger partial charge in [0.1, 0.15) is 0 Å². The molecule has 0 radical (unpaired) electrons. The van der Waals surface area contributed by atoms with Gasteiger partial charge >= 0.3 is 0 Å². The number of carbonyl (C=O) groups excluding carboxylic acids is 2. The van der Waals surface area contributed by atoms with Crippen LogP contribution in [-0.2, 0) is 9.59 Å². The molecular weight excluding hydrogens is 348 g/mol. The molecular formula is C19H34N4O2S. The van der Waals surface area contributed by atoms with Crippen molar-refractivity contribution in [1.82, 2.24) is 20.0 Å². The first-order chi connectivity index (χ1) is 12.5. The number of piperazine rings is 1. The minimum absolute atomic E-state index is 0.0194. The van der Waals surface area contributed by atoms with Crippen molar-refractivity contribution in [1.29, 1.82) is 0 Å². The van der Waals surface area contributed by atoms with Gasteiger partial charge in [-0.3, -0.25) is 19.4 Å². The predicted octanol–water partition coefficient (Wildman–Crippen LogP) is 0.873. The van der Waals surface area contributed by atoms with E-state index in [1.54, 1.807) is 0 Å². The third-order valence-electron chi connectivity index (χ3n) is 5.79. The normalized spacial score (nSPS) is 27.0. The molecule has 3 rings (SSSR count). The van der Waals surface area contributed by atoms with Gasteiger partial charge in [-0.25, -0.2) is 0 Å². The molecule has 6 nitrogen and oxygen atoms in total. The van der Waals surface area contributed by atoms with E-state index in [2.05, 4.69) is 29.0 Å². The molecule has 3 saturated heterocycles. The summed E-state index contributed by atoms with van der Waals surface area (Å²) in [6.07, 6.45) is 2.47. The molecule has 0 unspecified atom stereocenters. The van der Waals surface area contributed by atoms with Crippen LogP contribution in [0.25, 0.3) is 0 Å². The number of nitrogens with one attached hydrogen (secondary N) is 1. The largest absolute Gasteiger partial charge is 0.353 e. The molecule has 0 spiro atoms. The van der Waals surface area contributed by atoms with Gasteiger partial charge in [-0.2, -0.15) is 11.8 Å². The Hall–Kier alpha value is -0.790. The average Bonchev–Trinajstić information content (AvgIpc) is 2.65. The SMILES string of the molecule is CC(C)CN1CCNC(=O)[C@H]1CC(=O)N1CCC(N2CCSCC2)CC1. The summed E-state index contributed by atoms with van der Waals surface area (Å²) in [7, 11) is 0. The highest BCUT2D eigenvalue weighted by molar-refractivity contribution is 7.99. The summed E-state index contributed by atoms with van der Waals surface area (Å²) in [4.78, 5) is 32.0. The number of nitrogens with zero attached hydrogens (tertiary/aromatic N) is 3. The summed E-state index contributed by atoms with van der Waals surface area (Å²) < 4.78 is 0. The number of rotatable bonds is 5. The fourth-order valence-electron chi connectivity index (χ4n) is 4.39. The molecule has 3 heterocycles. The zero-order chi connectivity index (χ0) is 18.5. The van der Waals surface area contributed by atoms with Crippen molar-refractivity contribution in [2.45, 2.75) is 45.2 Å². The lowest BCUT2D eigenvalue weighted by Crippen LogP contribution is -2.58. The van der Waals surface area contributed by atoms with Crippen LogP contribution in [0.15, 0.2) is 0 Å². The third kappa shape index (κ3) is 5.14. The molecule has 2 amide bonds. The molecule has 0 saturated carbocycles. The lowest BCUT2D eigenvalue weighted by molar-refractivity contribution is -0.140. The van der Waals surface area contributed by atoms with E-state index in [9.17, 15) is 9.59 Å². The highest BCUT2D eigenvalue weighted by Gasteiger charge is 2.34. The lowest BCUT2D eigenvalue weighted by Gasteiger charge is -2.41. The van der Waals surface area contributed by atoms with Crippen LogP contribution in [0.4, 0.5) is 0 Å². The minimum Gasteiger partial charge on any atom is -0.353 e. The Morgan fingerprint density at radius 3 is 2.50 bits per heavy atom. The van der Waals surface area contributed by atoms with Crippen LogP contribution in [0.1, 0.15) is 33.1 Å². The molecule has 1 N–H and O–H groups in total. The fourth-order valence-corrected chi connectivity index (χ4v) is 5.32. The van der Waals surface area contributed by atoms with Crippen molar-refractivity contribution in [3.8, 4) is 0 Å². The molecule has 3 aliphatic heterocycles. The van der Waals surface area contributed by atoms with Crippen molar-refractivity contribution in [2.75, 3.05) is 57.3 Å². The molecule has 26 heavy (non-hydrogen) atoms. The Bertz CT molecular complexity index is 488. The lowest BCUT2D eigenvalue weighted by atomic mass is 10.0. The highest BCUT2D eigenvalue weighted by atomic mass is 32.2. The molecule has 3 fully saturated rings. The zero-order valence-corrected chi connectivity index (χ0v) is 17.1. The van der Waals surface area contributed by atoms with Gasteiger partial charge in [0.2, 0.25) is 11.8 Å². The minimum atomic E-state index is -0.296. The Morgan fingerprint density at radius 1 is 1.15 bits per heavy atom. The van der Waals surface area contributed by atoms with Crippen molar-refractivity contribution in [3.05, 3.63) is 0 Å². The van der Waals surface area contributed by atoms with Crippen molar-refractivity contribution >= 4 is 23.6 Å². The standard InChI is InChI=1S/C19H34N4O2S/c1-15(2)14-23-8-5-20-19(25)17(23)13-18(24)22-6-3-16(4-7-22)21-9-11-26-12-10-21/h15-17H,3-14H2,1-2H3,(H,20,25)/t17-/m1/s1. The summed E-state index contributed by atoms with van der Waals surface area (Å²) in [6.45, 7) is 10.8. The number of likely N-dealkylation sites (tertiary alicyclic amines) is 1. The van der Waals surface area contributed by atoms with E-state index in [0.717, 1.165) is 39.0 Å². The molecule has 148 valence electrons. The first-order valence-corrected chi connectivity index (χ1v) is 11.3. The summed E-state index contributed by atoms with van der Waals surface area (Å²) in [5.74, 6) is 3.14. The average molecular weight is 383 g/mol. The summed E-state index contributed by atoms with van der Waals surface area (Å²) in [5.41, 5.74) is 0. The van der Waals surface area contributed by atoms with Crippen molar-refractivity contribution in [3.63, 3.8) is 0 Å². The van der Waals surface area contributed by atoms with Crippen LogP contribution in [0, 0.1) is 5.92 Å². The number of amides is 2. The van der Waals surface area contributed by atoms with Gasteiger partial charge in [0.05, 0.1) is 12.5 Å². The zero-order valence-electron chi connectivity index (χ0n) is 16.3. The Balaban J connectivity index is 1.50. The molecule has 0 bridgehead atoms. The smallest absolute Gasteiger partial charge is 0.237 e. The second-order valence-electron chi connectivity index (χ2n) is 8.16. The van der Waals surface area contributed by atoms with Crippen LogP contribution in [-0.4, -0.2) is 95.9 Å². The predicted molar refractivity (Wildman–Crippen MR) is 106 cm³/mol. The maximum Gasteiger partial charge on any atom is 0.237 e. The third-order valence-corrected chi connectivity index (χ3v) is 6.73. The monoisotopic (exact) mass is 382 g/mol. The van der Waals surface area contributed by atoms with E-state index in [-0.39, 0.29) is 17.9 Å². The molecule has 1 atom stereocenters. The van der Waals surface area contributed by atoms with E-state index in [1.165, 1.54) is 24.6 Å². The van der Waals surface area contributed by atoms with Gasteiger partial charge < -0.3 is 10.2 Å². The maximum atomic E-state index is 12.8. The summed E-state index contributed by atoms with van der Waals surface area (Å²) in [5, 5.41) is 2.93. The van der Waals surface area contributed by atoms with E-state index in [4.69, 9.17) is 0 Å². The van der Waals surface area contributed by atoms with Gasteiger partial charge in [-0.15, -0.1) is 0 Å². The van der Waals surface area contributed by atoms with E-state index in [0.29, 0.717) is 24.9 Å². The molecule has 0 aromatic heterocycles. The second kappa shape index (κ2) is 9.42. The van der Waals surface area contributed by atoms with E-state index < -0.39 is 0 Å². The number of hydrogen-bond donors (Lipinski definition) is 1.